The molecule has 0 radical (unpaired) electrons. The lowest BCUT2D eigenvalue weighted by molar-refractivity contribution is 0.410. The lowest BCUT2D eigenvalue weighted by Gasteiger charge is -2.08. The van der Waals surface area contributed by atoms with Crippen molar-refractivity contribution in [1.82, 2.24) is 5.32 Å². The van der Waals surface area contributed by atoms with Crippen molar-refractivity contribution in [3.05, 3.63) is 29.6 Å². The van der Waals surface area contributed by atoms with Gasteiger partial charge in [-0.3, -0.25) is 0 Å². The smallest absolute Gasteiger partial charge is 0.189 e. The molecule has 18 heavy (non-hydrogen) atoms. The summed E-state index contributed by atoms with van der Waals surface area (Å²) in [4.78, 5) is 4.11. The summed E-state index contributed by atoms with van der Waals surface area (Å²) in [6.45, 7) is 4.25. The molecule has 3 N–H and O–H groups in total. The Bertz CT molecular complexity index is 410. The Hall–Kier alpha value is -1.05. The molecular weight excluding hydrogens is 348 g/mol. The van der Waals surface area contributed by atoms with E-state index < -0.39 is 0 Å². The van der Waals surface area contributed by atoms with Crippen molar-refractivity contribution in [3.8, 4) is 5.75 Å². The molecule has 0 unspecified atom stereocenters. The number of aliphatic imine (C=N–C) groups is 1. The van der Waals surface area contributed by atoms with Gasteiger partial charge in [-0.25, -0.2) is 9.38 Å². The summed E-state index contributed by atoms with van der Waals surface area (Å²) in [6.07, 6.45) is 0. The van der Waals surface area contributed by atoms with Crippen LogP contribution in [0.1, 0.15) is 19.4 Å². The van der Waals surface area contributed by atoms with Gasteiger partial charge in [-0.05, 0) is 31.5 Å². The summed E-state index contributed by atoms with van der Waals surface area (Å²) in [5.74, 6) is 0.485. The van der Waals surface area contributed by atoms with Crippen LogP contribution in [0.25, 0.3) is 0 Å². The topological polar surface area (TPSA) is 59.6 Å². The lowest BCUT2D eigenvalue weighted by Crippen LogP contribution is -2.36. The molecule has 0 aromatic heterocycles. The van der Waals surface area contributed by atoms with Crippen molar-refractivity contribution in [1.29, 1.82) is 0 Å². The number of methoxy groups -OCH3 is 1. The second-order valence-corrected chi connectivity index (χ2v) is 4.00. The summed E-state index contributed by atoms with van der Waals surface area (Å²) in [7, 11) is 1.50. The summed E-state index contributed by atoms with van der Waals surface area (Å²) < 4.78 is 18.1. The van der Waals surface area contributed by atoms with Gasteiger partial charge in [0.25, 0.3) is 0 Å². The first-order valence-electron chi connectivity index (χ1n) is 5.41. The van der Waals surface area contributed by atoms with Crippen LogP contribution in [0.2, 0.25) is 0 Å². The minimum Gasteiger partial charge on any atom is -0.497 e. The fourth-order valence-electron chi connectivity index (χ4n) is 1.35. The Kier molecular flexibility index (Phi) is 7.65. The zero-order chi connectivity index (χ0) is 12.8. The number of nitrogens with zero attached hydrogens (tertiary/aromatic N) is 1. The van der Waals surface area contributed by atoms with Crippen LogP contribution in [-0.2, 0) is 6.54 Å². The molecular formula is C12H19FIN3O. The van der Waals surface area contributed by atoms with Crippen LogP contribution in [0.4, 0.5) is 4.39 Å². The van der Waals surface area contributed by atoms with E-state index in [4.69, 9.17) is 10.5 Å². The number of hydrogen-bond donors (Lipinski definition) is 2. The zero-order valence-electron chi connectivity index (χ0n) is 10.7. The molecule has 1 rings (SSSR count). The molecule has 4 nitrogen and oxygen atoms in total. The maximum absolute atomic E-state index is 13.2. The Morgan fingerprint density at radius 3 is 2.67 bits per heavy atom. The third kappa shape index (κ3) is 6.04. The predicted molar refractivity (Wildman–Crippen MR) is 82.0 cm³/mol. The summed E-state index contributed by atoms with van der Waals surface area (Å²) >= 11 is 0. The highest BCUT2D eigenvalue weighted by molar-refractivity contribution is 14.0. The van der Waals surface area contributed by atoms with Crippen LogP contribution in [0.3, 0.4) is 0 Å². The number of ether oxygens (including phenoxy) is 1. The SMILES string of the molecule is COc1cc(F)cc(CN=C(N)NC(C)C)c1.I. The first kappa shape index (κ1) is 16.9. The van der Waals surface area contributed by atoms with E-state index in [0.29, 0.717) is 18.3 Å². The normalized spacial score (nSPS) is 11.1. The van der Waals surface area contributed by atoms with Crippen molar-refractivity contribution in [2.45, 2.75) is 26.4 Å². The molecule has 0 heterocycles. The van der Waals surface area contributed by atoms with Crippen molar-refractivity contribution in [2.75, 3.05) is 7.11 Å². The number of benzene rings is 1. The molecule has 1 aromatic rings. The Morgan fingerprint density at radius 2 is 2.11 bits per heavy atom. The molecule has 0 amide bonds. The van der Waals surface area contributed by atoms with E-state index in [9.17, 15) is 4.39 Å². The van der Waals surface area contributed by atoms with Gasteiger partial charge >= 0.3 is 0 Å². The molecule has 0 fully saturated rings. The van der Waals surface area contributed by atoms with Gasteiger partial charge in [-0.2, -0.15) is 0 Å². The van der Waals surface area contributed by atoms with Crippen LogP contribution >= 0.6 is 24.0 Å². The van der Waals surface area contributed by atoms with Gasteiger partial charge in [-0.15, -0.1) is 24.0 Å². The van der Waals surface area contributed by atoms with Crippen molar-refractivity contribution >= 4 is 29.9 Å². The number of nitrogens with one attached hydrogen (secondary N) is 1. The van der Waals surface area contributed by atoms with Crippen LogP contribution in [0, 0.1) is 5.82 Å². The van der Waals surface area contributed by atoms with Crippen molar-refractivity contribution < 1.29 is 9.13 Å². The van der Waals surface area contributed by atoms with E-state index in [1.807, 2.05) is 13.8 Å². The quantitative estimate of drug-likeness (QED) is 0.488. The van der Waals surface area contributed by atoms with E-state index in [-0.39, 0.29) is 35.8 Å². The second kappa shape index (κ2) is 8.12. The largest absolute Gasteiger partial charge is 0.497 e. The van der Waals surface area contributed by atoms with Crippen molar-refractivity contribution in [3.63, 3.8) is 0 Å². The third-order valence-electron chi connectivity index (χ3n) is 2.04. The second-order valence-electron chi connectivity index (χ2n) is 4.00. The Labute approximate surface area is 124 Å². The van der Waals surface area contributed by atoms with E-state index in [2.05, 4.69) is 10.3 Å². The minimum atomic E-state index is -0.343. The number of rotatable bonds is 4. The van der Waals surface area contributed by atoms with Gasteiger partial charge < -0.3 is 15.8 Å². The molecule has 0 aliphatic carbocycles. The van der Waals surface area contributed by atoms with E-state index in [1.54, 1.807) is 6.07 Å². The average molecular weight is 367 g/mol. The number of halogens is 2. The molecule has 0 saturated heterocycles. The number of hydrogen-bond acceptors (Lipinski definition) is 2. The van der Waals surface area contributed by atoms with Crippen LogP contribution in [0.15, 0.2) is 23.2 Å². The summed E-state index contributed by atoms with van der Waals surface area (Å²) in [6, 6.07) is 4.69. The average Bonchev–Trinajstić information content (AvgIpc) is 2.24. The first-order chi connectivity index (χ1) is 8.01. The van der Waals surface area contributed by atoms with Gasteiger partial charge in [-0.1, -0.05) is 0 Å². The molecule has 0 aliphatic rings. The van der Waals surface area contributed by atoms with Gasteiger partial charge in [0.1, 0.15) is 11.6 Å². The molecule has 0 atom stereocenters. The minimum absolute atomic E-state index is 0. The lowest BCUT2D eigenvalue weighted by atomic mass is 10.2. The van der Waals surface area contributed by atoms with Crippen molar-refractivity contribution in [2.24, 2.45) is 10.7 Å². The molecule has 0 bridgehead atoms. The van der Waals surface area contributed by atoms with Gasteiger partial charge in [0.2, 0.25) is 0 Å². The highest BCUT2D eigenvalue weighted by Gasteiger charge is 2.01. The monoisotopic (exact) mass is 367 g/mol. The predicted octanol–water partition coefficient (Wildman–Crippen LogP) is 2.27. The maximum Gasteiger partial charge on any atom is 0.189 e. The summed E-state index contributed by atoms with van der Waals surface area (Å²) in [5, 5.41) is 2.96. The fraction of sp³-hybridized carbons (Fsp3) is 0.417. The molecule has 0 saturated carbocycles. The van der Waals surface area contributed by atoms with Gasteiger partial charge in [0, 0.05) is 12.1 Å². The highest BCUT2D eigenvalue weighted by Crippen LogP contribution is 2.16. The fourth-order valence-corrected chi connectivity index (χ4v) is 1.35. The van der Waals surface area contributed by atoms with Gasteiger partial charge in [0.05, 0.1) is 13.7 Å². The zero-order valence-corrected chi connectivity index (χ0v) is 13.1. The molecule has 1 aromatic carbocycles. The van der Waals surface area contributed by atoms with E-state index in [0.717, 1.165) is 5.56 Å². The van der Waals surface area contributed by atoms with Gasteiger partial charge in [0.15, 0.2) is 5.96 Å². The Balaban J connectivity index is 0.00000289. The van der Waals surface area contributed by atoms with Crippen LogP contribution in [-0.4, -0.2) is 19.1 Å². The molecule has 0 aliphatic heterocycles. The van der Waals surface area contributed by atoms with Crippen LogP contribution < -0.4 is 15.8 Å². The van der Waals surface area contributed by atoms with E-state index in [1.165, 1.54) is 19.2 Å². The van der Waals surface area contributed by atoms with Crippen LogP contribution in [0.5, 0.6) is 5.75 Å². The Morgan fingerprint density at radius 1 is 1.44 bits per heavy atom. The first-order valence-corrected chi connectivity index (χ1v) is 5.41. The third-order valence-corrected chi connectivity index (χ3v) is 2.04. The number of nitrogens with two attached hydrogens (primary N) is 1. The highest BCUT2D eigenvalue weighted by atomic mass is 127. The standard InChI is InChI=1S/C12H18FN3O.HI/c1-8(2)16-12(14)15-7-9-4-10(13)6-11(5-9)17-3;/h4-6,8H,7H2,1-3H3,(H3,14,15,16);1H. The molecule has 0 spiro atoms. The number of guanidine groups is 1. The molecule has 102 valence electrons. The molecule has 6 heteroatoms. The van der Waals surface area contributed by atoms with E-state index >= 15 is 0 Å². The maximum atomic E-state index is 13.2. The summed E-state index contributed by atoms with van der Waals surface area (Å²) in [5.41, 5.74) is 6.36.